The van der Waals surface area contributed by atoms with Gasteiger partial charge in [-0.05, 0) is 43.6 Å². The van der Waals surface area contributed by atoms with Gasteiger partial charge in [-0.15, -0.1) is 0 Å². The fourth-order valence-corrected chi connectivity index (χ4v) is 4.35. The molecule has 3 rings (SSSR count). The van der Waals surface area contributed by atoms with Gasteiger partial charge in [0.25, 0.3) is 5.24 Å². The van der Waals surface area contributed by atoms with Gasteiger partial charge in [-0.25, -0.2) is 0 Å². The lowest BCUT2D eigenvalue weighted by atomic mass is 10.1. The molecule has 1 atom stereocenters. The molecule has 0 aromatic heterocycles. The van der Waals surface area contributed by atoms with Crippen molar-refractivity contribution < 1.29 is 14.3 Å². The lowest BCUT2D eigenvalue weighted by Crippen LogP contribution is -2.38. The molecule has 1 aromatic rings. The van der Waals surface area contributed by atoms with E-state index < -0.39 is 0 Å². The average Bonchev–Trinajstić information content (AvgIpc) is 3.33. The fourth-order valence-electron chi connectivity index (χ4n) is 3.50. The van der Waals surface area contributed by atoms with Crippen molar-refractivity contribution in [1.29, 1.82) is 0 Å². The van der Waals surface area contributed by atoms with Crippen LogP contribution >= 0.6 is 11.8 Å². The van der Waals surface area contributed by atoms with E-state index in [1.54, 1.807) is 12.0 Å². The number of hydrogen-bond donors (Lipinski definition) is 1. The molecule has 1 aromatic carbocycles. The average molecular weight is 378 g/mol. The molecule has 0 aliphatic carbocycles. The van der Waals surface area contributed by atoms with Gasteiger partial charge in [-0.1, -0.05) is 23.9 Å². The van der Waals surface area contributed by atoms with Crippen molar-refractivity contribution in [2.45, 2.75) is 25.3 Å². The number of rotatable bonds is 8. The first-order valence-electron chi connectivity index (χ1n) is 9.24. The molecule has 0 radical (unpaired) electrons. The summed E-state index contributed by atoms with van der Waals surface area (Å²) in [6, 6.07) is 8.27. The van der Waals surface area contributed by atoms with Crippen LogP contribution in [0.15, 0.2) is 24.3 Å². The van der Waals surface area contributed by atoms with Crippen molar-refractivity contribution in [3.05, 3.63) is 29.8 Å². The molecular weight excluding hydrogens is 350 g/mol. The number of benzene rings is 1. The highest BCUT2D eigenvalue weighted by molar-refractivity contribution is 8.13. The second-order valence-electron chi connectivity index (χ2n) is 6.69. The summed E-state index contributed by atoms with van der Waals surface area (Å²) in [5.41, 5.74) is 1.19. The van der Waals surface area contributed by atoms with Crippen LogP contribution in [0, 0.1) is 0 Å². The summed E-state index contributed by atoms with van der Waals surface area (Å²) >= 11 is 1.33. The number of amides is 2. The normalized spacial score (nSPS) is 19.0. The maximum Gasteiger partial charge on any atom is 0.281 e. The molecule has 2 heterocycles. The first-order chi connectivity index (χ1) is 12.7. The van der Waals surface area contributed by atoms with Gasteiger partial charge in [0.2, 0.25) is 5.91 Å². The monoisotopic (exact) mass is 377 g/mol. The lowest BCUT2D eigenvalue weighted by molar-refractivity contribution is -0.121. The number of carbonyl (C=O) groups is 2. The number of thioether (sulfide) groups is 1. The van der Waals surface area contributed by atoms with Crippen LogP contribution in [0.4, 0.5) is 4.79 Å². The summed E-state index contributed by atoms with van der Waals surface area (Å²) in [6.07, 6.45) is 2.77. The number of hydrogen-bond acceptors (Lipinski definition) is 5. The van der Waals surface area contributed by atoms with Crippen LogP contribution in [-0.2, 0) is 4.79 Å². The Morgan fingerprint density at radius 2 is 1.96 bits per heavy atom. The Balaban J connectivity index is 1.55. The quantitative estimate of drug-likeness (QED) is 0.754. The van der Waals surface area contributed by atoms with E-state index in [1.807, 2.05) is 12.1 Å². The molecule has 7 heteroatoms. The number of carbonyl (C=O) groups excluding carboxylic acids is 2. The van der Waals surface area contributed by atoms with E-state index in [9.17, 15) is 9.59 Å². The van der Waals surface area contributed by atoms with Crippen molar-refractivity contribution in [2.75, 3.05) is 45.6 Å². The third-order valence-electron chi connectivity index (χ3n) is 5.03. The second-order valence-corrected chi connectivity index (χ2v) is 7.73. The van der Waals surface area contributed by atoms with E-state index in [4.69, 9.17) is 4.74 Å². The molecule has 142 valence electrons. The number of ether oxygens (including phenoxy) is 1. The molecule has 0 bridgehead atoms. The highest BCUT2D eigenvalue weighted by atomic mass is 32.2. The summed E-state index contributed by atoms with van der Waals surface area (Å²) in [5, 5.41) is 3.16. The zero-order chi connectivity index (χ0) is 18.4. The Morgan fingerprint density at radius 1 is 1.23 bits per heavy atom. The standard InChI is InChI=1S/C19H27N3O3S/c1-25-16-6-4-15(5-7-16)17(21-9-2-3-10-21)14-20-18(23)8-11-22-12-13-26-19(22)24/h4-7,17H,2-3,8-14H2,1H3,(H,20,23)/t17-/m1/s1. The third-order valence-corrected chi connectivity index (χ3v) is 5.92. The van der Waals surface area contributed by atoms with Gasteiger partial charge in [-0.3, -0.25) is 14.5 Å². The topological polar surface area (TPSA) is 61.9 Å². The van der Waals surface area contributed by atoms with Gasteiger partial charge in [0.05, 0.1) is 13.2 Å². The molecule has 6 nitrogen and oxygen atoms in total. The van der Waals surface area contributed by atoms with Gasteiger partial charge in [0.1, 0.15) is 5.75 Å². The van der Waals surface area contributed by atoms with Crippen LogP contribution in [0.2, 0.25) is 0 Å². The molecule has 0 unspecified atom stereocenters. The molecule has 0 spiro atoms. The van der Waals surface area contributed by atoms with E-state index in [0.717, 1.165) is 31.1 Å². The Hall–Kier alpha value is -1.73. The predicted octanol–water partition coefficient (Wildman–Crippen LogP) is 2.51. The highest BCUT2D eigenvalue weighted by Gasteiger charge is 2.25. The molecule has 2 saturated heterocycles. The molecular formula is C19H27N3O3S. The van der Waals surface area contributed by atoms with E-state index in [1.165, 1.54) is 30.2 Å². The molecule has 26 heavy (non-hydrogen) atoms. The summed E-state index contributed by atoms with van der Waals surface area (Å²) in [5.74, 6) is 1.67. The smallest absolute Gasteiger partial charge is 0.281 e. The molecule has 2 amide bonds. The molecule has 1 N–H and O–H groups in total. The van der Waals surface area contributed by atoms with Crippen LogP contribution in [0.5, 0.6) is 5.75 Å². The van der Waals surface area contributed by atoms with E-state index in [0.29, 0.717) is 19.5 Å². The van der Waals surface area contributed by atoms with Crippen molar-refractivity contribution in [1.82, 2.24) is 15.1 Å². The van der Waals surface area contributed by atoms with Crippen molar-refractivity contribution >= 4 is 22.9 Å². The molecule has 2 aliphatic rings. The molecule has 2 aliphatic heterocycles. The highest BCUT2D eigenvalue weighted by Crippen LogP contribution is 2.26. The predicted molar refractivity (Wildman–Crippen MR) is 104 cm³/mol. The molecule has 2 fully saturated rings. The number of likely N-dealkylation sites (tertiary alicyclic amines) is 1. The minimum Gasteiger partial charge on any atom is -0.497 e. The van der Waals surface area contributed by atoms with Gasteiger partial charge < -0.3 is 15.0 Å². The number of nitrogens with zero attached hydrogens (tertiary/aromatic N) is 2. The summed E-state index contributed by atoms with van der Waals surface area (Å²) in [7, 11) is 1.66. The van der Waals surface area contributed by atoms with E-state index >= 15 is 0 Å². The minimum atomic E-state index is 0.00686. The summed E-state index contributed by atoms with van der Waals surface area (Å²) in [6.45, 7) is 3.97. The Kier molecular flexibility index (Phi) is 6.80. The van der Waals surface area contributed by atoms with Crippen LogP contribution in [0.3, 0.4) is 0 Å². The van der Waals surface area contributed by atoms with Crippen molar-refractivity contribution in [3.63, 3.8) is 0 Å². The first kappa shape index (κ1) is 19.0. The Bertz CT molecular complexity index is 617. The second kappa shape index (κ2) is 9.28. The minimum absolute atomic E-state index is 0.00686. The zero-order valence-electron chi connectivity index (χ0n) is 15.3. The van der Waals surface area contributed by atoms with Crippen molar-refractivity contribution in [3.8, 4) is 5.75 Å². The van der Waals surface area contributed by atoms with Crippen molar-refractivity contribution in [2.24, 2.45) is 0 Å². The van der Waals surface area contributed by atoms with E-state index in [2.05, 4.69) is 22.3 Å². The SMILES string of the molecule is COc1ccc([C@@H](CNC(=O)CCN2CCSC2=O)N2CCCC2)cc1. The van der Waals surface area contributed by atoms with Crippen LogP contribution in [-0.4, -0.2) is 66.5 Å². The van der Waals surface area contributed by atoms with Gasteiger partial charge in [0, 0.05) is 31.8 Å². The third kappa shape index (κ3) is 4.92. The van der Waals surface area contributed by atoms with Gasteiger partial charge >= 0.3 is 0 Å². The van der Waals surface area contributed by atoms with Crippen LogP contribution < -0.4 is 10.1 Å². The summed E-state index contributed by atoms with van der Waals surface area (Å²) in [4.78, 5) is 28.1. The lowest BCUT2D eigenvalue weighted by Gasteiger charge is -2.28. The van der Waals surface area contributed by atoms with Crippen LogP contribution in [0.1, 0.15) is 30.9 Å². The summed E-state index contributed by atoms with van der Waals surface area (Å²) < 4.78 is 5.24. The van der Waals surface area contributed by atoms with Crippen LogP contribution in [0.25, 0.3) is 0 Å². The Labute approximate surface area is 159 Å². The fraction of sp³-hybridized carbons (Fsp3) is 0.579. The maximum absolute atomic E-state index is 12.3. The number of methoxy groups -OCH3 is 1. The molecule has 0 saturated carbocycles. The number of nitrogens with one attached hydrogen (secondary N) is 1. The van der Waals surface area contributed by atoms with E-state index in [-0.39, 0.29) is 17.2 Å². The van der Waals surface area contributed by atoms with Gasteiger partial charge in [-0.2, -0.15) is 0 Å². The maximum atomic E-state index is 12.3. The Morgan fingerprint density at radius 3 is 2.58 bits per heavy atom. The zero-order valence-corrected chi connectivity index (χ0v) is 16.1. The largest absolute Gasteiger partial charge is 0.497 e. The van der Waals surface area contributed by atoms with Gasteiger partial charge in [0.15, 0.2) is 0 Å². The first-order valence-corrected chi connectivity index (χ1v) is 10.2.